The molecule has 1 aliphatic rings. The van der Waals surface area contributed by atoms with Crippen molar-refractivity contribution in [3.63, 3.8) is 0 Å². The number of halogens is 1. The summed E-state index contributed by atoms with van der Waals surface area (Å²) >= 11 is 2.26. The lowest BCUT2D eigenvalue weighted by Gasteiger charge is -2.27. The number of hydrogen-bond acceptors (Lipinski definition) is 1. The van der Waals surface area contributed by atoms with Crippen LogP contribution in [0.2, 0.25) is 0 Å². The number of carbonyl (C=O) groups excluding carboxylic acids is 1. The predicted octanol–water partition coefficient (Wildman–Crippen LogP) is 4.30. The minimum absolute atomic E-state index is 0.0767. The van der Waals surface area contributed by atoms with E-state index in [1.54, 1.807) is 0 Å². The van der Waals surface area contributed by atoms with Crippen LogP contribution < -0.4 is 5.32 Å². The van der Waals surface area contributed by atoms with Crippen molar-refractivity contribution in [1.82, 2.24) is 5.32 Å². The van der Waals surface area contributed by atoms with E-state index in [0.717, 1.165) is 22.1 Å². The zero-order valence-electron chi connectivity index (χ0n) is 11.8. The first-order valence-corrected chi connectivity index (χ1v) is 8.19. The van der Waals surface area contributed by atoms with Crippen molar-refractivity contribution in [2.75, 3.05) is 6.54 Å². The molecule has 0 unspecified atom stereocenters. The lowest BCUT2D eigenvalue weighted by atomic mass is 9.83. The summed E-state index contributed by atoms with van der Waals surface area (Å²) in [5.74, 6) is 0.0767. The molecular formula is C16H22INO. The lowest BCUT2D eigenvalue weighted by molar-refractivity contribution is 0.0928. The highest BCUT2D eigenvalue weighted by Gasteiger charge is 2.32. The fraction of sp³-hybridized carbons (Fsp3) is 0.562. The van der Waals surface area contributed by atoms with Crippen LogP contribution in [0.15, 0.2) is 18.2 Å². The van der Waals surface area contributed by atoms with E-state index in [1.807, 2.05) is 25.1 Å². The Kier molecular flexibility index (Phi) is 4.87. The maximum atomic E-state index is 12.3. The summed E-state index contributed by atoms with van der Waals surface area (Å²) in [6, 6.07) is 5.91. The van der Waals surface area contributed by atoms with Gasteiger partial charge in [0.2, 0.25) is 0 Å². The van der Waals surface area contributed by atoms with Crippen molar-refractivity contribution in [1.29, 1.82) is 0 Å². The summed E-state index contributed by atoms with van der Waals surface area (Å²) in [5, 5.41) is 3.16. The van der Waals surface area contributed by atoms with Crippen LogP contribution in [0.25, 0.3) is 0 Å². The molecule has 2 rings (SSSR count). The molecule has 0 aliphatic heterocycles. The molecule has 1 amide bonds. The SMILES string of the molecule is CCC1(CNC(=O)c2cccc(C)c2I)CCCC1. The second-order valence-corrected chi connectivity index (χ2v) is 6.76. The molecule has 0 radical (unpaired) electrons. The number of amides is 1. The highest BCUT2D eigenvalue weighted by molar-refractivity contribution is 14.1. The van der Waals surface area contributed by atoms with Gasteiger partial charge in [-0.15, -0.1) is 0 Å². The Bertz CT molecular complexity index is 464. The number of hydrogen-bond donors (Lipinski definition) is 1. The molecule has 0 saturated heterocycles. The third-order valence-electron chi connectivity index (χ3n) is 4.47. The number of benzene rings is 1. The molecule has 1 saturated carbocycles. The molecule has 0 aromatic heterocycles. The standard InChI is InChI=1S/C16H22INO/c1-3-16(9-4-5-10-16)11-18-15(19)13-8-6-7-12(2)14(13)17/h6-8H,3-5,9-11H2,1-2H3,(H,18,19). The predicted molar refractivity (Wildman–Crippen MR) is 87.4 cm³/mol. The number of aryl methyl sites for hydroxylation is 1. The summed E-state index contributed by atoms with van der Waals surface area (Å²) in [6.07, 6.45) is 6.30. The van der Waals surface area contributed by atoms with Gasteiger partial charge in [-0.1, -0.05) is 31.9 Å². The van der Waals surface area contributed by atoms with Crippen LogP contribution in [0, 0.1) is 15.9 Å². The van der Waals surface area contributed by atoms with Gasteiger partial charge in [0.1, 0.15) is 0 Å². The summed E-state index contributed by atoms with van der Waals surface area (Å²) < 4.78 is 1.06. The van der Waals surface area contributed by atoms with Gasteiger partial charge in [-0.25, -0.2) is 0 Å². The van der Waals surface area contributed by atoms with Crippen LogP contribution in [0.4, 0.5) is 0 Å². The minimum Gasteiger partial charge on any atom is -0.351 e. The zero-order chi connectivity index (χ0) is 13.9. The number of rotatable bonds is 4. The molecule has 1 aromatic carbocycles. The maximum Gasteiger partial charge on any atom is 0.252 e. The van der Waals surface area contributed by atoms with Crippen LogP contribution >= 0.6 is 22.6 Å². The van der Waals surface area contributed by atoms with Crippen LogP contribution in [0.1, 0.15) is 54.9 Å². The molecule has 0 bridgehead atoms. The Morgan fingerprint density at radius 1 is 1.37 bits per heavy atom. The summed E-state index contributed by atoms with van der Waals surface area (Å²) in [7, 11) is 0. The molecule has 0 atom stereocenters. The fourth-order valence-electron chi connectivity index (χ4n) is 2.97. The van der Waals surface area contributed by atoms with Gasteiger partial charge in [0.25, 0.3) is 5.91 Å². The molecule has 1 N–H and O–H groups in total. The van der Waals surface area contributed by atoms with Crippen LogP contribution in [0.5, 0.6) is 0 Å². The summed E-state index contributed by atoms with van der Waals surface area (Å²) in [5.41, 5.74) is 2.33. The molecule has 1 aromatic rings. The third-order valence-corrected chi connectivity index (χ3v) is 5.91. The topological polar surface area (TPSA) is 29.1 Å². The van der Waals surface area contributed by atoms with Crippen LogP contribution in [-0.4, -0.2) is 12.5 Å². The molecule has 0 spiro atoms. The average Bonchev–Trinajstić information content (AvgIpc) is 2.89. The first-order chi connectivity index (χ1) is 9.08. The van der Waals surface area contributed by atoms with Gasteiger partial charge in [0.15, 0.2) is 0 Å². The van der Waals surface area contributed by atoms with E-state index >= 15 is 0 Å². The monoisotopic (exact) mass is 371 g/mol. The van der Waals surface area contributed by atoms with Crippen molar-refractivity contribution in [2.24, 2.45) is 5.41 Å². The Balaban J connectivity index is 2.03. The first-order valence-electron chi connectivity index (χ1n) is 7.11. The molecule has 2 nitrogen and oxygen atoms in total. The number of carbonyl (C=O) groups is 1. The Morgan fingerprint density at radius 2 is 2.05 bits per heavy atom. The Hall–Kier alpha value is -0.580. The molecule has 1 aliphatic carbocycles. The Morgan fingerprint density at radius 3 is 2.68 bits per heavy atom. The molecular weight excluding hydrogens is 349 g/mol. The maximum absolute atomic E-state index is 12.3. The second kappa shape index (κ2) is 6.25. The van der Waals surface area contributed by atoms with E-state index in [-0.39, 0.29) is 5.91 Å². The highest BCUT2D eigenvalue weighted by atomic mass is 127. The van der Waals surface area contributed by atoms with Gasteiger partial charge < -0.3 is 5.32 Å². The van der Waals surface area contributed by atoms with Gasteiger partial charge in [-0.05, 0) is 65.8 Å². The van der Waals surface area contributed by atoms with Gasteiger partial charge in [-0.3, -0.25) is 4.79 Å². The van der Waals surface area contributed by atoms with Gasteiger partial charge in [0, 0.05) is 10.1 Å². The Labute approximate surface area is 129 Å². The minimum atomic E-state index is 0.0767. The van der Waals surface area contributed by atoms with E-state index in [1.165, 1.54) is 31.2 Å². The average molecular weight is 371 g/mol. The highest BCUT2D eigenvalue weighted by Crippen LogP contribution is 2.40. The van der Waals surface area contributed by atoms with E-state index < -0.39 is 0 Å². The van der Waals surface area contributed by atoms with E-state index in [2.05, 4.69) is 34.8 Å². The zero-order valence-corrected chi connectivity index (χ0v) is 13.9. The van der Waals surface area contributed by atoms with Crippen molar-refractivity contribution < 1.29 is 4.79 Å². The fourth-order valence-corrected chi connectivity index (χ4v) is 3.57. The van der Waals surface area contributed by atoms with Gasteiger partial charge >= 0.3 is 0 Å². The van der Waals surface area contributed by atoms with Crippen LogP contribution in [-0.2, 0) is 0 Å². The third kappa shape index (κ3) is 3.30. The summed E-state index contributed by atoms with van der Waals surface area (Å²) in [4.78, 5) is 12.3. The first kappa shape index (κ1) is 14.8. The van der Waals surface area contributed by atoms with Gasteiger partial charge in [0.05, 0.1) is 5.56 Å². The van der Waals surface area contributed by atoms with Crippen molar-refractivity contribution in [2.45, 2.75) is 46.0 Å². The second-order valence-electron chi connectivity index (χ2n) is 5.68. The van der Waals surface area contributed by atoms with E-state index in [0.29, 0.717) is 5.41 Å². The van der Waals surface area contributed by atoms with Crippen molar-refractivity contribution >= 4 is 28.5 Å². The smallest absolute Gasteiger partial charge is 0.252 e. The largest absolute Gasteiger partial charge is 0.351 e. The molecule has 19 heavy (non-hydrogen) atoms. The molecule has 104 valence electrons. The quantitative estimate of drug-likeness (QED) is 0.786. The lowest BCUT2D eigenvalue weighted by Crippen LogP contribution is -2.36. The molecule has 3 heteroatoms. The normalized spacial score (nSPS) is 17.4. The van der Waals surface area contributed by atoms with Gasteiger partial charge in [-0.2, -0.15) is 0 Å². The summed E-state index contributed by atoms with van der Waals surface area (Å²) in [6.45, 7) is 5.11. The van der Waals surface area contributed by atoms with E-state index in [4.69, 9.17) is 0 Å². The van der Waals surface area contributed by atoms with Crippen molar-refractivity contribution in [3.8, 4) is 0 Å². The number of nitrogens with one attached hydrogen (secondary N) is 1. The van der Waals surface area contributed by atoms with Crippen LogP contribution in [0.3, 0.4) is 0 Å². The van der Waals surface area contributed by atoms with E-state index in [9.17, 15) is 4.79 Å². The van der Waals surface area contributed by atoms with Crippen molar-refractivity contribution in [3.05, 3.63) is 32.9 Å². The molecule has 0 heterocycles. The molecule has 1 fully saturated rings.